The van der Waals surface area contributed by atoms with Crippen molar-refractivity contribution in [3.63, 3.8) is 0 Å². The van der Waals surface area contributed by atoms with Gasteiger partial charge in [-0.1, -0.05) is 0 Å². The van der Waals surface area contributed by atoms with E-state index in [1.807, 2.05) is 26.0 Å². The molecule has 1 rings (SSSR count). The molecule has 0 aromatic heterocycles. The van der Waals surface area contributed by atoms with E-state index in [9.17, 15) is 0 Å². The summed E-state index contributed by atoms with van der Waals surface area (Å²) in [4.78, 5) is 0. The van der Waals surface area contributed by atoms with E-state index in [0.717, 1.165) is 4.57 Å². The van der Waals surface area contributed by atoms with Crippen LogP contribution in [0.15, 0.2) is 12.2 Å². The Balaban J connectivity index is 2.40. The first kappa shape index (κ1) is 11.1. The van der Waals surface area contributed by atoms with E-state index in [-0.39, 0.29) is 6.10 Å². The molecule has 13 heavy (non-hydrogen) atoms. The van der Waals surface area contributed by atoms with Crippen LogP contribution in [0, 0.1) is 0 Å². The van der Waals surface area contributed by atoms with Gasteiger partial charge in [0.25, 0.3) is 0 Å². The van der Waals surface area contributed by atoms with Gasteiger partial charge in [-0.2, -0.15) is 0 Å². The SMILES string of the molecule is CO[C](=[Cr])/C=C/[C@H]1COC(C)(C)O1. The van der Waals surface area contributed by atoms with Gasteiger partial charge in [0, 0.05) is 0 Å². The fraction of sp³-hybridized carbons (Fsp3) is 0.667. The second-order valence-corrected chi connectivity index (χ2v) is 3.88. The second kappa shape index (κ2) is 4.50. The summed E-state index contributed by atoms with van der Waals surface area (Å²) in [6.07, 6.45) is 3.79. The van der Waals surface area contributed by atoms with Crippen LogP contribution in [0.5, 0.6) is 0 Å². The molecule has 1 atom stereocenters. The van der Waals surface area contributed by atoms with Gasteiger partial charge in [0.1, 0.15) is 0 Å². The summed E-state index contributed by atoms with van der Waals surface area (Å²) in [5.41, 5.74) is 0. The Hall–Kier alpha value is 0.0225. The van der Waals surface area contributed by atoms with Gasteiger partial charge in [0.05, 0.1) is 0 Å². The van der Waals surface area contributed by atoms with Gasteiger partial charge in [-0.05, 0) is 0 Å². The van der Waals surface area contributed by atoms with Crippen molar-refractivity contribution in [1.82, 2.24) is 0 Å². The van der Waals surface area contributed by atoms with Gasteiger partial charge < -0.3 is 0 Å². The minimum atomic E-state index is -0.459. The van der Waals surface area contributed by atoms with E-state index in [1.54, 1.807) is 7.11 Å². The molecule has 1 saturated heterocycles. The average molecular weight is 222 g/mol. The molecular weight excluding hydrogens is 208 g/mol. The fourth-order valence-electron chi connectivity index (χ4n) is 1.06. The van der Waals surface area contributed by atoms with Crippen molar-refractivity contribution in [2.24, 2.45) is 0 Å². The molecule has 0 unspecified atom stereocenters. The van der Waals surface area contributed by atoms with Crippen LogP contribution < -0.4 is 0 Å². The quantitative estimate of drug-likeness (QED) is 0.713. The third-order valence-electron chi connectivity index (χ3n) is 1.68. The third kappa shape index (κ3) is 3.72. The Morgan fingerprint density at radius 2 is 2.31 bits per heavy atom. The normalized spacial score (nSPS) is 26.8. The van der Waals surface area contributed by atoms with Crippen molar-refractivity contribution < 1.29 is 30.1 Å². The minimum absolute atomic E-state index is 0.0218. The monoisotopic (exact) mass is 222 g/mol. The molecule has 0 amide bonds. The Kier molecular flexibility index (Phi) is 3.84. The molecule has 0 saturated carbocycles. The standard InChI is InChI=1S/C9H14O3.Cr/c1-9(2)11-7-8(12-9)5-4-6-10-3;/h4-5,8H,7H2,1-3H3;/b5-4+;/t8-;/m0./s1. The maximum absolute atomic E-state index is 5.55. The number of methoxy groups -OCH3 is 1. The Labute approximate surface area is 86.6 Å². The van der Waals surface area contributed by atoms with Crippen LogP contribution in [0.4, 0.5) is 0 Å². The van der Waals surface area contributed by atoms with Gasteiger partial charge in [-0.3, -0.25) is 0 Å². The van der Waals surface area contributed by atoms with Crippen molar-refractivity contribution in [1.29, 1.82) is 0 Å². The molecule has 0 bridgehead atoms. The first-order valence-electron chi connectivity index (χ1n) is 4.11. The molecule has 1 aliphatic heterocycles. The maximum atomic E-state index is 5.55. The molecule has 3 nitrogen and oxygen atoms in total. The number of rotatable bonds is 3. The Bertz CT molecular complexity index is 223. The molecular formula is C9H14CrO3. The average Bonchev–Trinajstić information content (AvgIpc) is 2.41. The molecule has 0 spiro atoms. The second-order valence-electron chi connectivity index (χ2n) is 3.25. The summed E-state index contributed by atoms with van der Waals surface area (Å²) in [7, 11) is 1.62. The summed E-state index contributed by atoms with van der Waals surface area (Å²) < 4.78 is 16.6. The predicted molar refractivity (Wildman–Crippen MR) is 46.1 cm³/mol. The summed E-state index contributed by atoms with van der Waals surface area (Å²) >= 11 is 2.78. The van der Waals surface area contributed by atoms with Gasteiger partial charge in [-0.25, -0.2) is 0 Å². The molecule has 0 N–H and O–H groups in total. The van der Waals surface area contributed by atoms with Crippen molar-refractivity contribution in [3.8, 4) is 0 Å². The van der Waals surface area contributed by atoms with Gasteiger partial charge in [0.2, 0.25) is 0 Å². The van der Waals surface area contributed by atoms with Crippen LogP contribution in [0.1, 0.15) is 13.8 Å². The fourth-order valence-corrected chi connectivity index (χ4v) is 1.19. The molecule has 0 radical (unpaired) electrons. The van der Waals surface area contributed by atoms with Crippen molar-refractivity contribution >= 4 is 4.57 Å². The Morgan fingerprint density at radius 3 is 2.77 bits per heavy atom. The van der Waals surface area contributed by atoms with Crippen LogP contribution in [-0.4, -0.2) is 30.2 Å². The van der Waals surface area contributed by atoms with Crippen LogP contribution in [-0.2, 0) is 30.1 Å². The van der Waals surface area contributed by atoms with Gasteiger partial charge >= 0.3 is 86.2 Å². The summed E-state index contributed by atoms with van der Waals surface area (Å²) in [5.74, 6) is -0.459. The molecule has 74 valence electrons. The molecule has 0 aromatic carbocycles. The van der Waals surface area contributed by atoms with E-state index in [0.29, 0.717) is 6.61 Å². The van der Waals surface area contributed by atoms with Crippen molar-refractivity contribution in [2.45, 2.75) is 25.7 Å². The van der Waals surface area contributed by atoms with E-state index in [1.165, 1.54) is 0 Å². The van der Waals surface area contributed by atoms with Crippen LogP contribution in [0.25, 0.3) is 0 Å². The first-order valence-corrected chi connectivity index (χ1v) is 4.75. The van der Waals surface area contributed by atoms with E-state index >= 15 is 0 Å². The third-order valence-corrected chi connectivity index (χ3v) is 2.15. The molecule has 4 heteroatoms. The molecule has 0 aliphatic carbocycles. The number of hydrogen-bond acceptors (Lipinski definition) is 3. The number of ether oxygens (including phenoxy) is 3. The van der Waals surface area contributed by atoms with Gasteiger partial charge in [-0.15, -0.1) is 0 Å². The summed E-state index contributed by atoms with van der Waals surface area (Å²) in [6.45, 7) is 4.40. The molecule has 1 aliphatic rings. The van der Waals surface area contributed by atoms with Crippen molar-refractivity contribution in [3.05, 3.63) is 12.2 Å². The van der Waals surface area contributed by atoms with E-state index < -0.39 is 5.79 Å². The number of hydrogen-bond donors (Lipinski definition) is 0. The molecule has 0 aromatic rings. The zero-order valence-corrected chi connectivity index (χ0v) is 9.35. The zero-order valence-electron chi connectivity index (χ0n) is 8.07. The molecule has 1 fully saturated rings. The zero-order chi connectivity index (χ0) is 9.90. The van der Waals surface area contributed by atoms with Gasteiger partial charge in [0.15, 0.2) is 0 Å². The molecule has 1 heterocycles. The predicted octanol–water partition coefficient (Wildman–Crippen LogP) is 1.02. The van der Waals surface area contributed by atoms with E-state index in [2.05, 4.69) is 15.9 Å². The topological polar surface area (TPSA) is 27.7 Å². The summed E-state index contributed by atoms with van der Waals surface area (Å²) in [5, 5.41) is 0. The Morgan fingerprint density at radius 1 is 1.62 bits per heavy atom. The van der Waals surface area contributed by atoms with Crippen LogP contribution >= 0.6 is 0 Å². The first-order chi connectivity index (χ1) is 6.03. The van der Waals surface area contributed by atoms with Crippen LogP contribution in [0.2, 0.25) is 0 Å². The van der Waals surface area contributed by atoms with Crippen LogP contribution in [0.3, 0.4) is 0 Å². The summed E-state index contributed by atoms with van der Waals surface area (Å²) in [6, 6.07) is 0. The van der Waals surface area contributed by atoms with E-state index in [4.69, 9.17) is 14.2 Å². The van der Waals surface area contributed by atoms with Crippen molar-refractivity contribution in [2.75, 3.05) is 13.7 Å².